The van der Waals surface area contributed by atoms with Crippen LogP contribution in [0.25, 0.3) is 0 Å². The minimum absolute atomic E-state index is 0.0343. The fourth-order valence-corrected chi connectivity index (χ4v) is 4.19. The SMILES string of the molecule is Cc1ccc(CN(CC(=O)N/N=C\c2ccc(F)cc2)S(=O)(=O)c2ccccc2)cc1. The van der Waals surface area contributed by atoms with Gasteiger partial charge in [0.1, 0.15) is 5.82 Å². The number of sulfonamides is 1. The number of aryl methyl sites for hydroxylation is 1. The maximum Gasteiger partial charge on any atom is 0.255 e. The second-order valence-corrected chi connectivity index (χ2v) is 8.85. The van der Waals surface area contributed by atoms with Gasteiger partial charge in [-0.15, -0.1) is 0 Å². The summed E-state index contributed by atoms with van der Waals surface area (Å²) in [6, 6.07) is 20.9. The van der Waals surface area contributed by atoms with E-state index in [4.69, 9.17) is 0 Å². The summed E-state index contributed by atoms with van der Waals surface area (Å²) in [7, 11) is -3.91. The summed E-state index contributed by atoms with van der Waals surface area (Å²) < 4.78 is 40.3. The lowest BCUT2D eigenvalue weighted by Crippen LogP contribution is -2.39. The van der Waals surface area contributed by atoms with E-state index in [0.29, 0.717) is 5.56 Å². The number of hydrogen-bond acceptors (Lipinski definition) is 4. The topological polar surface area (TPSA) is 78.8 Å². The Bertz CT molecular complexity index is 1150. The number of nitrogens with zero attached hydrogens (tertiary/aromatic N) is 2. The quantitative estimate of drug-likeness (QED) is 0.431. The third kappa shape index (κ3) is 6.31. The number of carbonyl (C=O) groups is 1. The molecule has 0 bridgehead atoms. The van der Waals surface area contributed by atoms with E-state index in [1.165, 1.54) is 42.6 Å². The fourth-order valence-electron chi connectivity index (χ4n) is 2.79. The summed E-state index contributed by atoms with van der Waals surface area (Å²) in [5.74, 6) is -0.968. The van der Waals surface area contributed by atoms with E-state index in [1.807, 2.05) is 31.2 Å². The molecule has 160 valence electrons. The van der Waals surface area contributed by atoms with Crippen LogP contribution in [0.1, 0.15) is 16.7 Å². The zero-order chi connectivity index (χ0) is 22.3. The highest BCUT2D eigenvalue weighted by molar-refractivity contribution is 7.89. The predicted molar refractivity (Wildman–Crippen MR) is 117 cm³/mol. The lowest BCUT2D eigenvalue weighted by Gasteiger charge is -2.21. The van der Waals surface area contributed by atoms with Crippen LogP contribution < -0.4 is 5.43 Å². The first-order valence-electron chi connectivity index (χ1n) is 9.53. The average Bonchev–Trinajstić information content (AvgIpc) is 2.77. The van der Waals surface area contributed by atoms with E-state index in [0.717, 1.165) is 15.4 Å². The smallest absolute Gasteiger partial charge is 0.255 e. The normalized spacial score (nSPS) is 11.7. The number of rotatable bonds is 8. The van der Waals surface area contributed by atoms with E-state index in [9.17, 15) is 17.6 Å². The van der Waals surface area contributed by atoms with Gasteiger partial charge in [-0.25, -0.2) is 18.2 Å². The lowest BCUT2D eigenvalue weighted by molar-refractivity contribution is -0.121. The number of halogens is 1. The minimum atomic E-state index is -3.91. The molecule has 0 aliphatic heterocycles. The summed E-state index contributed by atoms with van der Waals surface area (Å²) in [4.78, 5) is 12.5. The van der Waals surface area contributed by atoms with Crippen molar-refractivity contribution >= 4 is 22.1 Å². The Morgan fingerprint density at radius 2 is 1.65 bits per heavy atom. The largest absolute Gasteiger partial charge is 0.272 e. The van der Waals surface area contributed by atoms with Crippen LogP contribution in [0.2, 0.25) is 0 Å². The summed E-state index contributed by atoms with van der Waals surface area (Å²) >= 11 is 0. The summed E-state index contributed by atoms with van der Waals surface area (Å²) in [6.45, 7) is 1.56. The van der Waals surface area contributed by atoms with Crippen LogP contribution in [-0.4, -0.2) is 31.4 Å². The second kappa shape index (κ2) is 10.1. The molecule has 0 radical (unpaired) electrons. The van der Waals surface area contributed by atoms with Gasteiger partial charge in [-0.2, -0.15) is 9.41 Å². The first-order chi connectivity index (χ1) is 14.8. The molecule has 31 heavy (non-hydrogen) atoms. The van der Waals surface area contributed by atoms with Gasteiger partial charge in [-0.05, 0) is 42.3 Å². The van der Waals surface area contributed by atoms with E-state index < -0.39 is 22.5 Å². The number of amides is 1. The molecule has 8 heteroatoms. The molecule has 0 saturated heterocycles. The van der Waals surface area contributed by atoms with Gasteiger partial charge >= 0.3 is 0 Å². The summed E-state index contributed by atoms with van der Waals surface area (Å²) in [5.41, 5.74) is 4.73. The Kier molecular flexibility index (Phi) is 7.28. The van der Waals surface area contributed by atoms with Gasteiger partial charge < -0.3 is 0 Å². The van der Waals surface area contributed by atoms with Crippen LogP contribution in [0.3, 0.4) is 0 Å². The molecule has 0 atom stereocenters. The van der Waals surface area contributed by atoms with Crippen molar-refractivity contribution in [1.82, 2.24) is 9.73 Å². The molecular weight excluding hydrogens is 417 g/mol. The van der Waals surface area contributed by atoms with Gasteiger partial charge in [0, 0.05) is 6.54 Å². The van der Waals surface area contributed by atoms with Crippen molar-refractivity contribution in [1.29, 1.82) is 0 Å². The van der Waals surface area contributed by atoms with Crippen molar-refractivity contribution in [3.8, 4) is 0 Å². The molecule has 0 saturated carbocycles. The van der Waals surface area contributed by atoms with Crippen molar-refractivity contribution < 1.29 is 17.6 Å². The standard InChI is InChI=1S/C23H22FN3O3S/c1-18-7-9-20(10-8-18)16-27(31(29,30)22-5-3-2-4-6-22)17-23(28)26-25-15-19-11-13-21(24)14-12-19/h2-15H,16-17H2,1H3,(H,26,28)/b25-15-. The van der Waals surface area contributed by atoms with Gasteiger partial charge in [-0.3, -0.25) is 4.79 Å². The van der Waals surface area contributed by atoms with Gasteiger partial charge in [0.15, 0.2) is 0 Å². The Labute approximate surface area is 181 Å². The Balaban J connectivity index is 1.76. The van der Waals surface area contributed by atoms with E-state index >= 15 is 0 Å². The fraction of sp³-hybridized carbons (Fsp3) is 0.130. The number of nitrogens with one attached hydrogen (secondary N) is 1. The maximum absolute atomic E-state index is 13.1. The highest BCUT2D eigenvalue weighted by Crippen LogP contribution is 2.18. The number of hydrogen-bond donors (Lipinski definition) is 1. The van der Waals surface area contributed by atoms with Crippen LogP contribution in [0, 0.1) is 12.7 Å². The van der Waals surface area contributed by atoms with Gasteiger partial charge in [0.05, 0.1) is 17.7 Å². The summed E-state index contributed by atoms with van der Waals surface area (Å²) in [6.07, 6.45) is 1.35. The molecule has 6 nitrogen and oxygen atoms in total. The molecule has 3 rings (SSSR count). The molecule has 0 unspecified atom stereocenters. The molecular formula is C23H22FN3O3S. The zero-order valence-electron chi connectivity index (χ0n) is 16.9. The molecule has 0 heterocycles. The van der Waals surface area contributed by atoms with Gasteiger partial charge in [-0.1, -0.05) is 60.2 Å². The van der Waals surface area contributed by atoms with Crippen LogP contribution in [0.4, 0.5) is 4.39 Å². The molecule has 0 spiro atoms. The minimum Gasteiger partial charge on any atom is -0.272 e. The average molecular weight is 440 g/mol. The van der Waals surface area contributed by atoms with Crippen molar-refractivity contribution in [3.63, 3.8) is 0 Å². The first-order valence-corrected chi connectivity index (χ1v) is 11.0. The monoisotopic (exact) mass is 439 g/mol. The number of carbonyl (C=O) groups excluding carboxylic acids is 1. The Morgan fingerprint density at radius 1 is 1.00 bits per heavy atom. The molecule has 1 amide bonds. The molecule has 3 aromatic rings. The Hall–Kier alpha value is -3.36. The second-order valence-electron chi connectivity index (χ2n) is 6.92. The molecule has 0 aromatic heterocycles. The number of hydrazone groups is 1. The molecule has 0 fully saturated rings. The third-order valence-electron chi connectivity index (χ3n) is 4.45. The van der Waals surface area contributed by atoms with Crippen molar-refractivity contribution in [2.24, 2.45) is 5.10 Å². The lowest BCUT2D eigenvalue weighted by atomic mass is 10.1. The van der Waals surface area contributed by atoms with Gasteiger partial charge in [0.25, 0.3) is 5.91 Å². The maximum atomic E-state index is 13.1. The van der Waals surface area contributed by atoms with Crippen LogP contribution in [0.5, 0.6) is 0 Å². The highest BCUT2D eigenvalue weighted by atomic mass is 32.2. The predicted octanol–water partition coefficient (Wildman–Crippen LogP) is 3.48. The molecule has 1 N–H and O–H groups in total. The van der Waals surface area contributed by atoms with Crippen LogP contribution >= 0.6 is 0 Å². The zero-order valence-corrected chi connectivity index (χ0v) is 17.7. The molecule has 3 aromatic carbocycles. The summed E-state index contributed by atoms with van der Waals surface area (Å²) in [5, 5.41) is 3.83. The third-order valence-corrected chi connectivity index (χ3v) is 6.26. The molecule has 0 aliphatic carbocycles. The number of benzene rings is 3. The van der Waals surface area contributed by atoms with Crippen molar-refractivity contribution in [3.05, 3.63) is 101 Å². The van der Waals surface area contributed by atoms with Crippen molar-refractivity contribution in [2.45, 2.75) is 18.4 Å². The van der Waals surface area contributed by atoms with Crippen LogP contribution in [-0.2, 0) is 21.4 Å². The Morgan fingerprint density at radius 3 is 2.29 bits per heavy atom. The van der Waals surface area contributed by atoms with E-state index in [2.05, 4.69) is 10.5 Å². The molecule has 0 aliphatic rings. The van der Waals surface area contributed by atoms with E-state index in [-0.39, 0.29) is 17.3 Å². The van der Waals surface area contributed by atoms with E-state index in [1.54, 1.807) is 18.2 Å². The van der Waals surface area contributed by atoms with Crippen LogP contribution in [0.15, 0.2) is 88.9 Å². The van der Waals surface area contributed by atoms with Crippen molar-refractivity contribution in [2.75, 3.05) is 6.54 Å². The highest BCUT2D eigenvalue weighted by Gasteiger charge is 2.26. The first kappa shape index (κ1) is 22.3. The van der Waals surface area contributed by atoms with Gasteiger partial charge in [0.2, 0.25) is 10.0 Å².